The molecule has 2 heterocycles. The van der Waals surface area contributed by atoms with Gasteiger partial charge in [-0.2, -0.15) is 0 Å². The average Bonchev–Trinajstić information content (AvgIpc) is 3.35. The topological polar surface area (TPSA) is 79.8 Å². The maximum absolute atomic E-state index is 12.7. The van der Waals surface area contributed by atoms with Crippen LogP contribution in [0.1, 0.15) is 21.7 Å². The minimum absolute atomic E-state index is 0.174. The van der Waals surface area contributed by atoms with Crippen molar-refractivity contribution in [3.63, 3.8) is 0 Å². The number of aryl methyl sites for hydroxylation is 2. The van der Waals surface area contributed by atoms with Gasteiger partial charge in [0, 0.05) is 44.8 Å². The van der Waals surface area contributed by atoms with Crippen LogP contribution in [0.25, 0.3) is 21.8 Å². The van der Waals surface area contributed by atoms with Crippen LogP contribution in [0.4, 0.5) is 17.3 Å². The first-order valence-corrected chi connectivity index (χ1v) is 12.0. The number of hydrogen-bond acceptors (Lipinski definition) is 6. The largest absolute Gasteiger partial charge is 0.324 e. The first kappa shape index (κ1) is 22.4. The van der Waals surface area contributed by atoms with Gasteiger partial charge in [0.2, 0.25) is 5.95 Å². The number of aromatic nitrogens is 3. The van der Waals surface area contributed by atoms with E-state index in [0.29, 0.717) is 11.5 Å². The molecule has 0 fully saturated rings. The van der Waals surface area contributed by atoms with Gasteiger partial charge in [-0.25, -0.2) is 15.0 Å². The van der Waals surface area contributed by atoms with Crippen LogP contribution in [0.5, 0.6) is 0 Å². The minimum atomic E-state index is -0.174. The van der Waals surface area contributed by atoms with Crippen LogP contribution in [-0.4, -0.2) is 20.9 Å². The first-order valence-electron chi connectivity index (χ1n) is 11.2. The quantitative estimate of drug-likeness (QED) is 0.279. The van der Waals surface area contributed by atoms with E-state index in [1.165, 1.54) is 0 Å². The molecule has 3 aromatic carbocycles. The molecule has 0 saturated heterocycles. The van der Waals surface area contributed by atoms with Crippen LogP contribution >= 0.6 is 11.3 Å². The number of anilines is 3. The van der Waals surface area contributed by atoms with E-state index >= 15 is 0 Å². The molecule has 5 aromatic rings. The maximum Gasteiger partial charge on any atom is 0.255 e. The van der Waals surface area contributed by atoms with E-state index in [2.05, 4.69) is 38.1 Å². The second kappa shape index (κ2) is 9.87. The number of nitrogens with zero attached hydrogens (tertiary/aromatic N) is 3. The highest BCUT2D eigenvalue weighted by molar-refractivity contribution is 7.13. The molecule has 2 aromatic heterocycles. The lowest BCUT2D eigenvalue weighted by Crippen LogP contribution is -2.11. The summed E-state index contributed by atoms with van der Waals surface area (Å²) < 4.78 is 0. The molecule has 7 heteroatoms. The van der Waals surface area contributed by atoms with Gasteiger partial charge in [0.05, 0.1) is 5.69 Å². The number of carbonyl (C=O) groups is 1. The van der Waals surface area contributed by atoms with Gasteiger partial charge in [0.15, 0.2) is 0 Å². The molecule has 0 radical (unpaired) electrons. The molecule has 0 atom stereocenters. The summed E-state index contributed by atoms with van der Waals surface area (Å²) in [7, 11) is 0. The van der Waals surface area contributed by atoms with Crippen molar-refractivity contribution < 1.29 is 4.79 Å². The lowest BCUT2D eigenvalue weighted by atomic mass is 10.1. The van der Waals surface area contributed by atoms with E-state index in [1.54, 1.807) is 23.5 Å². The highest BCUT2D eigenvalue weighted by atomic mass is 32.1. The zero-order chi connectivity index (χ0) is 24.2. The molecule has 6 nitrogen and oxygen atoms in total. The van der Waals surface area contributed by atoms with Crippen LogP contribution < -0.4 is 10.6 Å². The fourth-order valence-corrected chi connectivity index (χ4v) is 4.50. The van der Waals surface area contributed by atoms with Crippen LogP contribution in [0.15, 0.2) is 90.3 Å². The molecule has 0 spiro atoms. The van der Waals surface area contributed by atoms with Crippen molar-refractivity contribution in [1.82, 2.24) is 15.0 Å². The van der Waals surface area contributed by atoms with Crippen LogP contribution in [0.3, 0.4) is 0 Å². The number of hydrogen-bond donors (Lipinski definition) is 2. The first-order chi connectivity index (χ1) is 17.0. The molecule has 35 heavy (non-hydrogen) atoms. The molecule has 172 valence electrons. The summed E-state index contributed by atoms with van der Waals surface area (Å²) in [6.45, 7) is 3.86. The minimum Gasteiger partial charge on any atom is -0.324 e. The van der Waals surface area contributed by atoms with Crippen molar-refractivity contribution in [2.75, 3.05) is 10.6 Å². The summed E-state index contributed by atoms with van der Waals surface area (Å²) >= 11 is 1.62. The Morgan fingerprint density at radius 1 is 0.743 bits per heavy atom. The molecule has 2 N–H and O–H groups in total. The van der Waals surface area contributed by atoms with Crippen molar-refractivity contribution in [3.05, 3.63) is 107 Å². The monoisotopic (exact) mass is 477 g/mol. The number of carbonyl (C=O) groups excluding carboxylic acids is 1. The van der Waals surface area contributed by atoms with E-state index in [4.69, 9.17) is 4.98 Å². The Balaban J connectivity index is 1.23. The molecule has 5 rings (SSSR count). The molecular weight excluding hydrogens is 454 g/mol. The fraction of sp³-hybridized carbons (Fsp3) is 0.0714. The molecule has 0 aliphatic rings. The fourth-order valence-electron chi connectivity index (χ4n) is 3.66. The van der Waals surface area contributed by atoms with Gasteiger partial charge in [-0.1, -0.05) is 42.5 Å². The third-order valence-electron chi connectivity index (χ3n) is 5.35. The van der Waals surface area contributed by atoms with Gasteiger partial charge in [-0.05, 0) is 56.3 Å². The third kappa shape index (κ3) is 5.42. The van der Waals surface area contributed by atoms with E-state index in [9.17, 15) is 4.79 Å². The Hall–Kier alpha value is -4.36. The van der Waals surface area contributed by atoms with E-state index in [-0.39, 0.29) is 5.91 Å². The van der Waals surface area contributed by atoms with Gasteiger partial charge in [-0.15, -0.1) is 11.3 Å². The summed E-state index contributed by atoms with van der Waals surface area (Å²) in [6, 6.07) is 27.0. The van der Waals surface area contributed by atoms with E-state index < -0.39 is 0 Å². The van der Waals surface area contributed by atoms with Crippen LogP contribution in [-0.2, 0) is 0 Å². The summed E-state index contributed by atoms with van der Waals surface area (Å²) in [5.74, 6) is 0.364. The smallest absolute Gasteiger partial charge is 0.255 e. The van der Waals surface area contributed by atoms with E-state index in [1.807, 2.05) is 74.5 Å². The number of amides is 1. The van der Waals surface area contributed by atoms with Crippen LogP contribution in [0, 0.1) is 13.8 Å². The van der Waals surface area contributed by atoms with Gasteiger partial charge in [0.1, 0.15) is 5.01 Å². The Kier molecular flexibility index (Phi) is 6.32. The molecular formula is C28H23N5OS. The molecule has 0 saturated carbocycles. The second-order valence-corrected chi connectivity index (χ2v) is 8.97. The Morgan fingerprint density at radius 3 is 2.09 bits per heavy atom. The lowest BCUT2D eigenvalue weighted by molar-refractivity contribution is 0.102. The summed E-state index contributed by atoms with van der Waals surface area (Å²) in [4.78, 5) is 26.2. The van der Waals surface area contributed by atoms with Gasteiger partial charge >= 0.3 is 0 Å². The Morgan fingerprint density at radius 2 is 1.40 bits per heavy atom. The van der Waals surface area contributed by atoms with Crippen molar-refractivity contribution in [3.8, 4) is 21.8 Å². The number of nitrogens with one attached hydrogen (secondary N) is 2. The molecule has 0 aliphatic heterocycles. The Bertz CT molecular complexity index is 1440. The molecule has 0 aliphatic carbocycles. The molecule has 0 bridgehead atoms. The van der Waals surface area contributed by atoms with Gasteiger partial charge < -0.3 is 10.6 Å². The SMILES string of the molecule is Cc1cc(C)nc(Nc2ccc(C(=O)Nc3ccc(-c4csc(-c5ccccc5)n4)cc3)cc2)n1. The number of rotatable bonds is 6. The van der Waals surface area contributed by atoms with Crippen molar-refractivity contribution in [2.45, 2.75) is 13.8 Å². The predicted octanol–water partition coefficient (Wildman–Crippen LogP) is 6.88. The van der Waals surface area contributed by atoms with E-state index in [0.717, 1.165) is 44.6 Å². The third-order valence-corrected chi connectivity index (χ3v) is 6.24. The maximum atomic E-state index is 12.7. The second-order valence-electron chi connectivity index (χ2n) is 8.11. The zero-order valence-electron chi connectivity index (χ0n) is 19.3. The highest BCUT2D eigenvalue weighted by Crippen LogP contribution is 2.29. The number of benzene rings is 3. The van der Waals surface area contributed by atoms with Crippen molar-refractivity contribution in [2.24, 2.45) is 0 Å². The Labute approximate surface area is 207 Å². The normalized spacial score (nSPS) is 10.7. The molecule has 1 amide bonds. The van der Waals surface area contributed by atoms with Crippen molar-refractivity contribution >= 4 is 34.6 Å². The standard InChI is InChI=1S/C28H23N5OS/c1-18-16-19(2)30-28(29-18)32-24-14-10-21(11-15-24)26(34)31-23-12-8-20(9-13-23)25-17-35-27(33-25)22-6-4-3-5-7-22/h3-17H,1-2H3,(H,31,34)(H,29,30,32). The summed E-state index contributed by atoms with van der Waals surface area (Å²) in [6.07, 6.45) is 0. The summed E-state index contributed by atoms with van der Waals surface area (Å²) in [5.41, 5.74) is 6.93. The van der Waals surface area contributed by atoms with Crippen molar-refractivity contribution in [1.29, 1.82) is 0 Å². The predicted molar refractivity (Wildman–Crippen MR) is 142 cm³/mol. The average molecular weight is 478 g/mol. The molecule has 0 unspecified atom stereocenters. The lowest BCUT2D eigenvalue weighted by Gasteiger charge is -2.09. The van der Waals surface area contributed by atoms with Gasteiger partial charge in [0.25, 0.3) is 5.91 Å². The summed E-state index contributed by atoms with van der Waals surface area (Å²) in [5, 5.41) is 9.16. The number of thiazole rings is 1. The van der Waals surface area contributed by atoms with Gasteiger partial charge in [-0.3, -0.25) is 4.79 Å². The zero-order valence-corrected chi connectivity index (χ0v) is 20.1. The highest BCUT2D eigenvalue weighted by Gasteiger charge is 2.09. The van der Waals surface area contributed by atoms with Crippen LogP contribution in [0.2, 0.25) is 0 Å².